The van der Waals surface area contributed by atoms with Crippen molar-refractivity contribution in [3.05, 3.63) is 45.8 Å². The zero-order chi connectivity index (χ0) is 19.3. The molecule has 0 bridgehead atoms. The van der Waals surface area contributed by atoms with Gasteiger partial charge in [-0.15, -0.1) is 0 Å². The molecule has 1 atom stereocenters. The van der Waals surface area contributed by atoms with Gasteiger partial charge in [0.25, 0.3) is 5.56 Å². The van der Waals surface area contributed by atoms with Crippen LogP contribution in [0, 0.1) is 6.92 Å². The van der Waals surface area contributed by atoms with Gasteiger partial charge in [-0.2, -0.15) is 16.9 Å². The highest BCUT2D eigenvalue weighted by molar-refractivity contribution is 7.98. The molecule has 1 unspecified atom stereocenters. The van der Waals surface area contributed by atoms with Crippen molar-refractivity contribution in [2.24, 2.45) is 0 Å². The molecule has 1 saturated heterocycles. The van der Waals surface area contributed by atoms with Crippen molar-refractivity contribution in [3.63, 3.8) is 0 Å². The maximum Gasteiger partial charge on any atom is 0.267 e. The quantitative estimate of drug-likeness (QED) is 0.796. The Balaban J connectivity index is 1.38. The number of hydrogen-bond donors (Lipinski definition) is 1. The summed E-state index contributed by atoms with van der Waals surface area (Å²) in [5, 5.41) is 8.12. The number of likely N-dealkylation sites (tertiary alicyclic amines) is 1. The molecule has 2 aromatic heterocycles. The minimum atomic E-state index is 0.0307. The van der Waals surface area contributed by atoms with Gasteiger partial charge in [0.1, 0.15) is 5.82 Å². The Hall–Kier alpha value is -1.93. The molecule has 0 aliphatic carbocycles. The van der Waals surface area contributed by atoms with E-state index >= 15 is 0 Å². The molecular formula is C20H28N6OS. The molecule has 4 heterocycles. The Bertz CT molecular complexity index is 870. The largest absolute Gasteiger partial charge is 0.367 e. The molecule has 0 aromatic carbocycles. The van der Waals surface area contributed by atoms with Crippen LogP contribution in [0.1, 0.15) is 36.2 Å². The maximum absolute atomic E-state index is 12.4. The van der Waals surface area contributed by atoms with E-state index in [2.05, 4.69) is 25.3 Å². The summed E-state index contributed by atoms with van der Waals surface area (Å²) < 4.78 is 1.67. The van der Waals surface area contributed by atoms with Crippen molar-refractivity contribution < 1.29 is 0 Å². The SMILES string of the molecule is Cc1nccnc1NCC1CCCCN1CCn1nc2c(cc1=O)CSCC2. The zero-order valence-corrected chi connectivity index (χ0v) is 17.2. The Morgan fingerprint density at radius 1 is 1.25 bits per heavy atom. The van der Waals surface area contributed by atoms with Gasteiger partial charge in [-0.05, 0) is 37.6 Å². The van der Waals surface area contributed by atoms with Crippen molar-refractivity contribution in [1.82, 2.24) is 24.6 Å². The van der Waals surface area contributed by atoms with E-state index in [0.29, 0.717) is 12.6 Å². The third-order valence-corrected chi connectivity index (χ3v) is 6.65. The van der Waals surface area contributed by atoms with Crippen molar-refractivity contribution in [3.8, 4) is 0 Å². The van der Waals surface area contributed by atoms with Crippen LogP contribution in [0.5, 0.6) is 0 Å². The summed E-state index contributed by atoms with van der Waals surface area (Å²) in [5.41, 5.74) is 3.18. The highest BCUT2D eigenvalue weighted by Gasteiger charge is 2.23. The van der Waals surface area contributed by atoms with Crippen LogP contribution in [-0.2, 0) is 18.7 Å². The third-order valence-electron chi connectivity index (χ3n) is 5.64. The Labute approximate surface area is 170 Å². The van der Waals surface area contributed by atoms with E-state index in [1.807, 2.05) is 18.7 Å². The van der Waals surface area contributed by atoms with Gasteiger partial charge >= 0.3 is 0 Å². The monoisotopic (exact) mass is 400 g/mol. The second-order valence-electron chi connectivity index (χ2n) is 7.54. The number of aryl methyl sites for hydroxylation is 2. The maximum atomic E-state index is 12.4. The van der Waals surface area contributed by atoms with Crippen LogP contribution < -0.4 is 10.9 Å². The second kappa shape index (κ2) is 9.05. The van der Waals surface area contributed by atoms with E-state index in [0.717, 1.165) is 66.8 Å². The van der Waals surface area contributed by atoms with Crippen molar-refractivity contribution >= 4 is 17.6 Å². The van der Waals surface area contributed by atoms with Crippen LogP contribution in [-0.4, -0.2) is 56.1 Å². The number of aromatic nitrogens is 4. The highest BCUT2D eigenvalue weighted by Crippen LogP contribution is 2.21. The van der Waals surface area contributed by atoms with Gasteiger partial charge < -0.3 is 5.32 Å². The number of thioether (sulfide) groups is 1. The van der Waals surface area contributed by atoms with Gasteiger partial charge in [-0.25, -0.2) is 9.67 Å². The van der Waals surface area contributed by atoms with Gasteiger partial charge in [0.2, 0.25) is 0 Å². The average Bonchev–Trinajstić information content (AvgIpc) is 2.72. The van der Waals surface area contributed by atoms with Crippen LogP contribution in [0.15, 0.2) is 23.3 Å². The third kappa shape index (κ3) is 4.55. The smallest absolute Gasteiger partial charge is 0.267 e. The van der Waals surface area contributed by atoms with Crippen LogP contribution in [0.3, 0.4) is 0 Å². The molecule has 2 aromatic rings. The number of anilines is 1. The number of nitrogens with zero attached hydrogens (tertiary/aromatic N) is 5. The predicted octanol–water partition coefficient (Wildman–Crippen LogP) is 2.10. The van der Waals surface area contributed by atoms with E-state index in [1.54, 1.807) is 23.1 Å². The lowest BCUT2D eigenvalue weighted by molar-refractivity contribution is 0.147. The van der Waals surface area contributed by atoms with Crippen LogP contribution in [0.4, 0.5) is 5.82 Å². The van der Waals surface area contributed by atoms with Gasteiger partial charge in [0, 0.05) is 49.8 Å². The fourth-order valence-electron chi connectivity index (χ4n) is 4.02. The summed E-state index contributed by atoms with van der Waals surface area (Å²) in [4.78, 5) is 23.6. The average molecular weight is 401 g/mol. The molecule has 0 radical (unpaired) electrons. The number of rotatable bonds is 6. The minimum absolute atomic E-state index is 0.0307. The molecule has 0 amide bonds. The van der Waals surface area contributed by atoms with Crippen molar-refractivity contribution in [2.45, 2.75) is 50.9 Å². The summed E-state index contributed by atoms with van der Waals surface area (Å²) in [6.07, 6.45) is 8.03. The van der Waals surface area contributed by atoms with E-state index in [9.17, 15) is 4.79 Å². The Kier molecular flexibility index (Phi) is 6.26. The van der Waals surface area contributed by atoms with Crippen molar-refractivity contribution in [1.29, 1.82) is 0 Å². The Morgan fingerprint density at radius 3 is 3.04 bits per heavy atom. The molecule has 4 rings (SSSR count). The molecule has 2 aliphatic rings. The summed E-state index contributed by atoms with van der Waals surface area (Å²) >= 11 is 1.88. The fraction of sp³-hybridized carbons (Fsp3) is 0.600. The molecule has 0 saturated carbocycles. The first-order valence-electron chi connectivity index (χ1n) is 10.1. The van der Waals surface area contributed by atoms with Gasteiger partial charge in [-0.3, -0.25) is 14.7 Å². The Morgan fingerprint density at radius 2 is 2.14 bits per heavy atom. The molecular weight excluding hydrogens is 372 g/mol. The number of piperidine rings is 1. The van der Waals surface area contributed by atoms with Crippen LogP contribution in [0.25, 0.3) is 0 Å². The first kappa shape index (κ1) is 19.4. The normalized spacial score (nSPS) is 20.0. The van der Waals surface area contributed by atoms with E-state index in [1.165, 1.54) is 12.8 Å². The van der Waals surface area contributed by atoms with Crippen LogP contribution >= 0.6 is 11.8 Å². The van der Waals surface area contributed by atoms with E-state index < -0.39 is 0 Å². The number of fused-ring (bicyclic) bond motifs is 1. The second-order valence-corrected chi connectivity index (χ2v) is 8.64. The molecule has 1 fully saturated rings. The van der Waals surface area contributed by atoms with Gasteiger partial charge in [0.05, 0.1) is 17.9 Å². The van der Waals surface area contributed by atoms with E-state index in [-0.39, 0.29) is 5.56 Å². The molecule has 0 spiro atoms. The fourth-order valence-corrected chi connectivity index (χ4v) is 4.97. The summed E-state index contributed by atoms with van der Waals surface area (Å²) in [5.74, 6) is 2.87. The van der Waals surface area contributed by atoms with E-state index in [4.69, 9.17) is 0 Å². The molecule has 1 N–H and O–H groups in total. The summed E-state index contributed by atoms with van der Waals surface area (Å²) in [7, 11) is 0. The lowest BCUT2D eigenvalue weighted by atomic mass is 10.0. The molecule has 8 heteroatoms. The topological polar surface area (TPSA) is 75.9 Å². The van der Waals surface area contributed by atoms with Gasteiger partial charge in [0.15, 0.2) is 0 Å². The molecule has 28 heavy (non-hydrogen) atoms. The predicted molar refractivity (Wildman–Crippen MR) is 113 cm³/mol. The zero-order valence-electron chi connectivity index (χ0n) is 16.4. The first-order chi connectivity index (χ1) is 13.7. The summed E-state index contributed by atoms with van der Waals surface area (Å²) in [6, 6.07) is 2.24. The highest BCUT2D eigenvalue weighted by atomic mass is 32.2. The lowest BCUT2D eigenvalue weighted by Crippen LogP contribution is -2.46. The van der Waals surface area contributed by atoms with Crippen molar-refractivity contribution in [2.75, 3.05) is 30.7 Å². The minimum Gasteiger partial charge on any atom is -0.367 e. The number of nitrogens with one attached hydrogen (secondary N) is 1. The molecule has 2 aliphatic heterocycles. The summed E-state index contributed by atoms with van der Waals surface area (Å²) in [6.45, 7) is 5.40. The van der Waals surface area contributed by atoms with Crippen LogP contribution in [0.2, 0.25) is 0 Å². The standard InChI is InChI=1S/C20H28N6OS/c1-15-20(22-7-6-21-15)23-13-17-4-2-3-8-25(17)9-10-26-19(27)12-16-14-28-11-5-18(16)24-26/h6-7,12,17H,2-5,8-11,13-14H2,1H3,(H,22,23). The molecule has 7 nitrogen and oxygen atoms in total. The lowest BCUT2D eigenvalue weighted by Gasteiger charge is -2.36. The first-order valence-corrected chi connectivity index (χ1v) is 11.3. The molecule has 150 valence electrons. The van der Waals surface area contributed by atoms with Gasteiger partial charge in [-0.1, -0.05) is 6.42 Å². The number of hydrogen-bond acceptors (Lipinski definition) is 7.